The molecule has 0 aliphatic heterocycles. The first-order chi connectivity index (χ1) is 12.2. The minimum absolute atomic E-state index is 0.181. The van der Waals surface area contributed by atoms with Crippen LogP contribution in [0.5, 0.6) is 5.75 Å². The van der Waals surface area contributed by atoms with E-state index < -0.39 is 0 Å². The third kappa shape index (κ3) is 13.8. The third-order valence-corrected chi connectivity index (χ3v) is 3.97. The molecule has 0 saturated carbocycles. The Kier molecular flexibility index (Phi) is 16.9. The summed E-state index contributed by atoms with van der Waals surface area (Å²) in [6, 6.07) is 8.42. The average Bonchev–Trinajstić information content (AvgIpc) is 2.63. The SMILES string of the molecule is CCCCCCOc1ccc(CC)cc1.CCCN(CCO)CCO. The summed E-state index contributed by atoms with van der Waals surface area (Å²) in [4.78, 5) is 2.04. The number of hydrogen-bond donors (Lipinski definition) is 2. The van der Waals surface area contributed by atoms with Crippen molar-refractivity contribution in [3.8, 4) is 5.75 Å². The summed E-state index contributed by atoms with van der Waals surface area (Å²) in [7, 11) is 0. The zero-order valence-electron chi connectivity index (χ0n) is 16.5. The second-order valence-electron chi connectivity index (χ2n) is 6.20. The Morgan fingerprint density at radius 2 is 1.44 bits per heavy atom. The molecule has 0 aliphatic carbocycles. The summed E-state index contributed by atoms with van der Waals surface area (Å²) in [5, 5.41) is 17.1. The van der Waals surface area contributed by atoms with Crippen LogP contribution in [0.25, 0.3) is 0 Å². The number of hydrogen-bond acceptors (Lipinski definition) is 4. The summed E-state index contributed by atoms with van der Waals surface area (Å²) in [5.41, 5.74) is 1.37. The maximum absolute atomic E-state index is 8.57. The van der Waals surface area contributed by atoms with Crippen molar-refractivity contribution in [2.45, 2.75) is 59.3 Å². The van der Waals surface area contributed by atoms with Crippen molar-refractivity contribution in [3.05, 3.63) is 29.8 Å². The highest BCUT2D eigenvalue weighted by atomic mass is 16.5. The lowest BCUT2D eigenvalue weighted by atomic mass is 10.2. The van der Waals surface area contributed by atoms with Crippen LogP contribution >= 0.6 is 0 Å². The van der Waals surface area contributed by atoms with Gasteiger partial charge in [-0.1, -0.05) is 52.2 Å². The Bertz CT molecular complexity index is 367. The summed E-state index contributed by atoms with van der Waals surface area (Å²) in [6.45, 7) is 10.0. The topological polar surface area (TPSA) is 52.9 Å². The van der Waals surface area contributed by atoms with E-state index in [4.69, 9.17) is 14.9 Å². The Hall–Kier alpha value is -1.10. The fourth-order valence-corrected chi connectivity index (χ4v) is 2.47. The summed E-state index contributed by atoms with van der Waals surface area (Å²) in [5.74, 6) is 1.00. The fraction of sp³-hybridized carbons (Fsp3) is 0.714. The van der Waals surface area contributed by atoms with E-state index in [9.17, 15) is 0 Å². The molecule has 0 heterocycles. The molecule has 0 spiro atoms. The lowest BCUT2D eigenvalue weighted by molar-refractivity contribution is 0.161. The molecule has 0 amide bonds. The second kappa shape index (κ2) is 17.7. The molecule has 0 fully saturated rings. The molecular formula is C21H39NO3. The lowest BCUT2D eigenvalue weighted by Gasteiger charge is -2.18. The first kappa shape index (κ1) is 23.9. The van der Waals surface area contributed by atoms with Gasteiger partial charge in [-0.05, 0) is 43.5 Å². The van der Waals surface area contributed by atoms with E-state index in [2.05, 4.69) is 45.0 Å². The standard InChI is InChI=1S/C14H22O.C7H17NO2/c1-3-5-6-7-12-15-14-10-8-13(4-2)9-11-14;1-2-3-8(4-6-9)5-7-10/h8-11H,3-7,12H2,1-2H3;9-10H,2-7H2,1H3. The van der Waals surface area contributed by atoms with Gasteiger partial charge in [-0.25, -0.2) is 0 Å². The van der Waals surface area contributed by atoms with Gasteiger partial charge in [0, 0.05) is 13.1 Å². The number of aliphatic hydroxyl groups is 2. The van der Waals surface area contributed by atoms with Crippen molar-refractivity contribution in [3.63, 3.8) is 0 Å². The van der Waals surface area contributed by atoms with Crippen LogP contribution in [0.4, 0.5) is 0 Å². The Balaban J connectivity index is 0.000000504. The van der Waals surface area contributed by atoms with E-state index in [0.717, 1.165) is 31.7 Å². The molecule has 0 aromatic heterocycles. The molecule has 4 heteroatoms. The largest absolute Gasteiger partial charge is 0.494 e. The monoisotopic (exact) mass is 353 g/mol. The lowest BCUT2D eigenvalue weighted by Crippen LogP contribution is -2.30. The van der Waals surface area contributed by atoms with Gasteiger partial charge in [-0.15, -0.1) is 0 Å². The van der Waals surface area contributed by atoms with Crippen molar-refractivity contribution in [1.82, 2.24) is 4.90 Å². The van der Waals surface area contributed by atoms with Crippen molar-refractivity contribution >= 4 is 0 Å². The van der Waals surface area contributed by atoms with E-state index in [1.165, 1.54) is 31.2 Å². The van der Waals surface area contributed by atoms with Gasteiger partial charge < -0.3 is 14.9 Å². The molecule has 4 nitrogen and oxygen atoms in total. The van der Waals surface area contributed by atoms with Gasteiger partial charge in [0.15, 0.2) is 0 Å². The van der Waals surface area contributed by atoms with Crippen LogP contribution in [0.15, 0.2) is 24.3 Å². The van der Waals surface area contributed by atoms with Crippen LogP contribution in [0.3, 0.4) is 0 Å². The summed E-state index contributed by atoms with van der Waals surface area (Å²) >= 11 is 0. The highest BCUT2D eigenvalue weighted by Gasteiger charge is 1.99. The molecule has 25 heavy (non-hydrogen) atoms. The predicted molar refractivity (Wildman–Crippen MR) is 106 cm³/mol. The van der Waals surface area contributed by atoms with E-state index >= 15 is 0 Å². The molecule has 0 bridgehead atoms. The van der Waals surface area contributed by atoms with Crippen LogP contribution in [-0.4, -0.2) is 54.6 Å². The first-order valence-electron chi connectivity index (χ1n) is 9.87. The number of benzene rings is 1. The molecule has 1 aromatic rings. The van der Waals surface area contributed by atoms with E-state index in [1.807, 2.05) is 4.90 Å². The molecule has 146 valence electrons. The van der Waals surface area contributed by atoms with E-state index in [1.54, 1.807) is 0 Å². The van der Waals surface area contributed by atoms with Crippen LogP contribution in [0.1, 0.15) is 58.4 Å². The van der Waals surface area contributed by atoms with Crippen LogP contribution in [-0.2, 0) is 6.42 Å². The quantitative estimate of drug-likeness (QED) is 0.528. The Labute approximate surface area is 154 Å². The number of aliphatic hydroxyl groups excluding tert-OH is 2. The van der Waals surface area contributed by atoms with Gasteiger partial charge in [0.1, 0.15) is 5.75 Å². The Morgan fingerprint density at radius 3 is 1.92 bits per heavy atom. The maximum atomic E-state index is 8.57. The molecule has 0 unspecified atom stereocenters. The second-order valence-corrected chi connectivity index (χ2v) is 6.20. The zero-order valence-corrected chi connectivity index (χ0v) is 16.5. The number of nitrogens with zero attached hydrogens (tertiary/aromatic N) is 1. The molecule has 0 atom stereocenters. The van der Waals surface area contributed by atoms with Crippen molar-refractivity contribution in [2.24, 2.45) is 0 Å². The Morgan fingerprint density at radius 1 is 0.800 bits per heavy atom. The number of aryl methyl sites for hydroxylation is 1. The van der Waals surface area contributed by atoms with Gasteiger partial charge in [-0.2, -0.15) is 0 Å². The third-order valence-electron chi connectivity index (χ3n) is 3.97. The number of unbranched alkanes of at least 4 members (excludes halogenated alkanes) is 3. The van der Waals surface area contributed by atoms with Crippen molar-refractivity contribution < 1.29 is 14.9 Å². The number of ether oxygens (including phenoxy) is 1. The first-order valence-corrected chi connectivity index (χ1v) is 9.87. The number of rotatable bonds is 13. The molecule has 0 aliphatic rings. The summed E-state index contributed by atoms with van der Waals surface area (Å²) in [6.07, 6.45) is 7.22. The highest BCUT2D eigenvalue weighted by molar-refractivity contribution is 5.27. The van der Waals surface area contributed by atoms with E-state index in [-0.39, 0.29) is 13.2 Å². The van der Waals surface area contributed by atoms with Crippen molar-refractivity contribution in [1.29, 1.82) is 0 Å². The highest BCUT2D eigenvalue weighted by Crippen LogP contribution is 2.13. The molecule has 1 rings (SSSR count). The molecular weight excluding hydrogens is 314 g/mol. The van der Waals surface area contributed by atoms with Crippen LogP contribution in [0, 0.1) is 0 Å². The molecule has 0 saturated heterocycles. The van der Waals surface area contributed by atoms with Gasteiger partial charge >= 0.3 is 0 Å². The normalized spacial score (nSPS) is 10.5. The zero-order chi connectivity index (χ0) is 18.8. The maximum Gasteiger partial charge on any atom is 0.119 e. The van der Waals surface area contributed by atoms with Gasteiger partial charge in [0.05, 0.1) is 19.8 Å². The minimum atomic E-state index is 0.181. The molecule has 2 N–H and O–H groups in total. The van der Waals surface area contributed by atoms with Crippen LogP contribution in [0.2, 0.25) is 0 Å². The predicted octanol–water partition coefficient (Wildman–Crippen LogP) is 3.89. The smallest absolute Gasteiger partial charge is 0.119 e. The van der Waals surface area contributed by atoms with Crippen molar-refractivity contribution in [2.75, 3.05) is 39.5 Å². The molecule has 1 aromatic carbocycles. The van der Waals surface area contributed by atoms with E-state index in [0.29, 0.717) is 13.1 Å². The summed E-state index contributed by atoms with van der Waals surface area (Å²) < 4.78 is 5.65. The minimum Gasteiger partial charge on any atom is -0.494 e. The molecule has 0 radical (unpaired) electrons. The van der Waals surface area contributed by atoms with Crippen LogP contribution < -0.4 is 4.74 Å². The fourth-order valence-electron chi connectivity index (χ4n) is 2.47. The van der Waals surface area contributed by atoms with Gasteiger partial charge in [0.2, 0.25) is 0 Å². The van der Waals surface area contributed by atoms with Gasteiger partial charge in [0.25, 0.3) is 0 Å². The average molecular weight is 354 g/mol. The van der Waals surface area contributed by atoms with Gasteiger partial charge in [-0.3, -0.25) is 4.90 Å².